The Bertz CT molecular complexity index is 557. The van der Waals surface area contributed by atoms with E-state index in [2.05, 4.69) is 17.1 Å². The number of aryl methyl sites for hydroxylation is 2. The summed E-state index contributed by atoms with van der Waals surface area (Å²) in [4.78, 5) is 18.6. The van der Waals surface area contributed by atoms with Crippen LogP contribution in [0.1, 0.15) is 36.8 Å². The van der Waals surface area contributed by atoms with Crippen LogP contribution in [-0.4, -0.2) is 43.6 Å². The maximum atomic E-state index is 11.6. The second kappa shape index (κ2) is 8.04. The van der Waals surface area contributed by atoms with E-state index in [4.69, 9.17) is 14.1 Å². The van der Waals surface area contributed by atoms with Crippen molar-refractivity contribution in [3.8, 4) is 0 Å². The zero-order valence-electron chi connectivity index (χ0n) is 14.5. The highest BCUT2D eigenvalue weighted by atomic mass is 16.5. The molecule has 1 saturated heterocycles. The molecule has 0 aromatic carbocycles. The molecule has 0 bridgehead atoms. The minimum atomic E-state index is -0.101. The summed E-state index contributed by atoms with van der Waals surface area (Å²) in [5.74, 6) is 2.64. The van der Waals surface area contributed by atoms with Crippen molar-refractivity contribution in [1.82, 2.24) is 10.2 Å². The van der Waals surface area contributed by atoms with Crippen molar-refractivity contribution in [1.29, 1.82) is 0 Å². The van der Waals surface area contributed by atoms with Crippen LogP contribution < -0.4 is 5.32 Å². The SMILES string of the molecule is CCNC(=NCc1cc(C)oc1C)N1CCC(C(=O)OC)CC1. The van der Waals surface area contributed by atoms with Crippen LogP contribution in [0.4, 0.5) is 0 Å². The highest BCUT2D eigenvalue weighted by Crippen LogP contribution is 2.19. The Hall–Kier alpha value is -1.98. The molecule has 0 aliphatic carbocycles. The summed E-state index contributed by atoms with van der Waals surface area (Å²) in [5, 5.41) is 3.34. The molecule has 1 aromatic rings. The third-order valence-electron chi connectivity index (χ3n) is 4.21. The van der Waals surface area contributed by atoms with Crippen LogP contribution >= 0.6 is 0 Å². The van der Waals surface area contributed by atoms with Crippen molar-refractivity contribution < 1.29 is 13.9 Å². The van der Waals surface area contributed by atoms with Crippen LogP contribution in [0.3, 0.4) is 0 Å². The first-order chi connectivity index (χ1) is 11.0. The van der Waals surface area contributed by atoms with Crippen molar-refractivity contribution in [3.05, 3.63) is 23.2 Å². The van der Waals surface area contributed by atoms with Gasteiger partial charge in [0.2, 0.25) is 0 Å². The molecule has 1 N–H and O–H groups in total. The molecule has 2 rings (SSSR count). The highest BCUT2D eigenvalue weighted by molar-refractivity contribution is 5.80. The Morgan fingerprint density at radius 1 is 1.43 bits per heavy atom. The lowest BCUT2D eigenvalue weighted by Gasteiger charge is -2.33. The zero-order chi connectivity index (χ0) is 16.8. The van der Waals surface area contributed by atoms with Gasteiger partial charge in [-0.3, -0.25) is 4.79 Å². The van der Waals surface area contributed by atoms with Crippen molar-refractivity contribution in [2.45, 2.75) is 40.2 Å². The summed E-state index contributed by atoms with van der Waals surface area (Å²) < 4.78 is 10.4. The number of carbonyl (C=O) groups excluding carboxylic acids is 1. The third kappa shape index (κ3) is 4.50. The number of rotatable bonds is 4. The summed E-state index contributed by atoms with van der Waals surface area (Å²) in [6.45, 7) is 9.02. The van der Waals surface area contributed by atoms with Crippen molar-refractivity contribution in [2.24, 2.45) is 10.9 Å². The molecule has 1 aromatic heterocycles. The van der Waals surface area contributed by atoms with Crippen LogP contribution in [0.25, 0.3) is 0 Å². The molecule has 1 fully saturated rings. The fourth-order valence-corrected chi connectivity index (χ4v) is 2.92. The summed E-state index contributed by atoms with van der Waals surface area (Å²) >= 11 is 0. The number of nitrogens with zero attached hydrogens (tertiary/aromatic N) is 2. The average Bonchev–Trinajstić information content (AvgIpc) is 2.88. The number of hydrogen-bond donors (Lipinski definition) is 1. The molecular formula is C17H27N3O3. The number of methoxy groups -OCH3 is 1. The summed E-state index contributed by atoms with van der Waals surface area (Å²) in [5.41, 5.74) is 1.11. The van der Waals surface area contributed by atoms with Crippen LogP contribution in [0.2, 0.25) is 0 Å². The number of piperidine rings is 1. The lowest BCUT2D eigenvalue weighted by Crippen LogP contribution is -2.46. The molecule has 1 aliphatic rings. The monoisotopic (exact) mass is 321 g/mol. The Morgan fingerprint density at radius 3 is 2.65 bits per heavy atom. The van der Waals surface area contributed by atoms with Crippen molar-refractivity contribution in [2.75, 3.05) is 26.7 Å². The molecule has 6 nitrogen and oxygen atoms in total. The zero-order valence-corrected chi connectivity index (χ0v) is 14.5. The van der Waals surface area contributed by atoms with E-state index in [0.717, 1.165) is 55.5 Å². The van der Waals surface area contributed by atoms with Crippen LogP contribution in [0.15, 0.2) is 15.5 Å². The number of likely N-dealkylation sites (tertiary alicyclic amines) is 1. The van der Waals surface area contributed by atoms with Gasteiger partial charge in [0.25, 0.3) is 0 Å². The standard InChI is InChI=1S/C17H27N3O3/c1-5-18-17(19-11-15-10-12(2)23-13(15)3)20-8-6-14(7-9-20)16(21)22-4/h10,14H,5-9,11H2,1-4H3,(H,18,19). The first-order valence-electron chi connectivity index (χ1n) is 8.22. The van der Waals surface area contributed by atoms with Gasteiger partial charge in [0.15, 0.2) is 5.96 Å². The molecule has 0 saturated carbocycles. The van der Waals surface area contributed by atoms with E-state index < -0.39 is 0 Å². The minimum Gasteiger partial charge on any atom is -0.469 e. The van der Waals surface area contributed by atoms with Gasteiger partial charge in [-0.2, -0.15) is 0 Å². The van der Waals surface area contributed by atoms with Gasteiger partial charge in [-0.05, 0) is 39.7 Å². The topological polar surface area (TPSA) is 67.1 Å². The minimum absolute atomic E-state index is 0.0119. The average molecular weight is 321 g/mol. The maximum absolute atomic E-state index is 11.6. The fourth-order valence-electron chi connectivity index (χ4n) is 2.92. The van der Waals surface area contributed by atoms with Gasteiger partial charge >= 0.3 is 5.97 Å². The van der Waals surface area contributed by atoms with Gasteiger partial charge in [0, 0.05) is 25.2 Å². The lowest BCUT2D eigenvalue weighted by molar-refractivity contribution is -0.146. The van der Waals surface area contributed by atoms with E-state index >= 15 is 0 Å². The molecule has 0 amide bonds. The number of guanidine groups is 1. The Labute approximate surface area is 137 Å². The predicted molar refractivity (Wildman–Crippen MR) is 89.3 cm³/mol. The lowest BCUT2D eigenvalue weighted by atomic mass is 9.97. The Balaban J connectivity index is 2.00. The predicted octanol–water partition coefficient (Wildman–Crippen LogP) is 2.25. The number of hydrogen-bond acceptors (Lipinski definition) is 4. The number of esters is 1. The quantitative estimate of drug-likeness (QED) is 0.523. The first-order valence-corrected chi connectivity index (χ1v) is 8.22. The Morgan fingerprint density at radius 2 is 2.13 bits per heavy atom. The number of furan rings is 1. The molecule has 128 valence electrons. The van der Waals surface area contributed by atoms with E-state index in [-0.39, 0.29) is 11.9 Å². The smallest absolute Gasteiger partial charge is 0.308 e. The van der Waals surface area contributed by atoms with Gasteiger partial charge in [0.05, 0.1) is 19.6 Å². The molecule has 0 atom stereocenters. The van der Waals surface area contributed by atoms with Crippen LogP contribution in [-0.2, 0) is 16.1 Å². The van der Waals surface area contributed by atoms with Gasteiger partial charge in [0.1, 0.15) is 11.5 Å². The van der Waals surface area contributed by atoms with E-state index in [1.165, 1.54) is 7.11 Å². The Kier molecular flexibility index (Phi) is 6.07. The maximum Gasteiger partial charge on any atom is 0.308 e. The normalized spacial score (nSPS) is 16.5. The molecule has 6 heteroatoms. The number of ether oxygens (including phenoxy) is 1. The first kappa shape index (κ1) is 17.4. The van der Waals surface area contributed by atoms with E-state index in [0.29, 0.717) is 6.54 Å². The molecular weight excluding hydrogens is 294 g/mol. The third-order valence-corrected chi connectivity index (χ3v) is 4.21. The second-order valence-electron chi connectivity index (χ2n) is 5.89. The molecule has 23 heavy (non-hydrogen) atoms. The molecule has 0 radical (unpaired) electrons. The van der Waals surface area contributed by atoms with Crippen molar-refractivity contribution >= 4 is 11.9 Å². The molecule has 1 aliphatic heterocycles. The van der Waals surface area contributed by atoms with Gasteiger partial charge in [-0.15, -0.1) is 0 Å². The van der Waals surface area contributed by atoms with Crippen molar-refractivity contribution in [3.63, 3.8) is 0 Å². The van der Waals surface area contributed by atoms with Crippen LogP contribution in [0, 0.1) is 19.8 Å². The van der Waals surface area contributed by atoms with Gasteiger partial charge in [-0.25, -0.2) is 4.99 Å². The second-order valence-corrected chi connectivity index (χ2v) is 5.89. The highest BCUT2D eigenvalue weighted by Gasteiger charge is 2.26. The number of nitrogens with one attached hydrogen (secondary N) is 1. The molecule has 0 spiro atoms. The number of aliphatic imine (C=N–C) groups is 1. The molecule has 0 unspecified atom stereocenters. The summed E-state index contributed by atoms with van der Waals surface area (Å²) in [7, 11) is 1.45. The summed E-state index contributed by atoms with van der Waals surface area (Å²) in [6.07, 6.45) is 1.61. The number of carbonyl (C=O) groups is 1. The van der Waals surface area contributed by atoms with Gasteiger partial charge in [-0.1, -0.05) is 0 Å². The molecule has 2 heterocycles. The summed E-state index contributed by atoms with van der Waals surface area (Å²) in [6, 6.07) is 2.03. The van der Waals surface area contributed by atoms with Gasteiger partial charge < -0.3 is 19.4 Å². The van der Waals surface area contributed by atoms with E-state index in [1.54, 1.807) is 0 Å². The van der Waals surface area contributed by atoms with Crippen LogP contribution in [0.5, 0.6) is 0 Å². The van der Waals surface area contributed by atoms with E-state index in [9.17, 15) is 4.79 Å². The fraction of sp³-hybridized carbons (Fsp3) is 0.647. The van der Waals surface area contributed by atoms with E-state index in [1.807, 2.05) is 19.9 Å². The largest absolute Gasteiger partial charge is 0.469 e.